The first-order chi connectivity index (χ1) is 12.2. The lowest BCUT2D eigenvalue weighted by Crippen LogP contribution is -2.48. The van der Waals surface area contributed by atoms with Crippen LogP contribution in [0.25, 0.3) is 0 Å². The van der Waals surface area contributed by atoms with Crippen molar-refractivity contribution in [3.8, 4) is 11.8 Å². The van der Waals surface area contributed by atoms with E-state index in [1.165, 1.54) is 25.0 Å². The van der Waals surface area contributed by atoms with Crippen molar-refractivity contribution in [2.24, 2.45) is 0 Å². The molecule has 4 heteroatoms. The largest absolute Gasteiger partial charge is 0.365 e. The second-order valence-corrected chi connectivity index (χ2v) is 7.34. The Hall–Kier alpha value is -1.93. The molecule has 2 fully saturated rings. The van der Waals surface area contributed by atoms with Crippen molar-refractivity contribution in [1.82, 2.24) is 4.90 Å². The van der Waals surface area contributed by atoms with Crippen molar-refractivity contribution in [3.63, 3.8) is 0 Å². The first kappa shape index (κ1) is 15.3. The first-order valence-corrected chi connectivity index (χ1v) is 8.99. The van der Waals surface area contributed by atoms with Crippen LogP contribution in [0.3, 0.4) is 0 Å². The van der Waals surface area contributed by atoms with E-state index in [-0.39, 0.29) is 5.82 Å². The van der Waals surface area contributed by atoms with Crippen LogP contribution in [0.5, 0.6) is 0 Å². The van der Waals surface area contributed by atoms with Crippen LogP contribution < -0.4 is 0 Å². The zero-order valence-corrected chi connectivity index (χ0v) is 13.9. The molecule has 5 rings (SSSR count). The normalized spacial score (nSPS) is 36.0. The molecule has 1 spiro atoms. The molecule has 2 bridgehead atoms. The molecule has 1 aromatic rings. The molecule has 2 saturated heterocycles. The maximum absolute atomic E-state index is 13.1. The molecule has 25 heavy (non-hydrogen) atoms. The molecule has 1 aliphatic carbocycles. The number of hydrogen-bond acceptors (Lipinski definition) is 3. The van der Waals surface area contributed by atoms with Gasteiger partial charge < -0.3 is 9.84 Å². The quantitative estimate of drug-likeness (QED) is 0.739. The van der Waals surface area contributed by atoms with Gasteiger partial charge in [0, 0.05) is 35.2 Å². The molecule has 0 aromatic heterocycles. The average Bonchev–Trinajstić information content (AvgIpc) is 3.10. The van der Waals surface area contributed by atoms with Crippen LogP contribution in [-0.2, 0) is 4.74 Å². The molecule has 4 atom stereocenters. The summed E-state index contributed by atoms with van der Waals surface area (Å²) in [5, 5.41) is 10.2. The lowest BCUT2D eigenvalue weighted by Gasteiger charge is -2.39. The van der Waals surface area contributed by atoms with Crippen molar-refractivity contribution >= 4 is 0 Å². The van der Waals surface area contributed by atoms with Crippen molar-refractivity contribution in [1.29, 1.82) is 0 Å². The van der Waals surface area contributed by atoms with Crippen LogP contribution >= 0.6 is 0 Å². The fraction of sp³-hybridized carbons (Fsp3) is 0.429. The van der Waals surface area contributed by atoms with Gasteiger partial charge in [0.2, 0.25) is 0 Å². The molecule has 4 aliphatic rings. The summed E-state index contributed by atoms with van der Waals surface area (Å²) >= 11 is 0. The number of aliphatic hydroxyl groups excluding tert-OH is 1. The molecule has 3 heterocycles. The Morgan fingerprint density at radius 1 is 1.16 bits per heavy atom. The predicted octanol–water partition coefficient (Wildman–Crippen LogP) is 2.76. The third-order valence-electron chi connectivity index (χ3n) is 5.95. The van der Waals surface area contributed by atoms with Crippen molar-refractivity contribution < 1.29 is 14.2 Å². The number of hydrogen-bond donors (Lipinski definition) is 1. The summed E-state index contributed by atoms with van der Waals surface area (Å²) in [5.41, 5.74) is 2.37. The fourth-order valence-corrected chi connectivity index (χ4v) is 4.96. The summed E-state index contributed by atoms with van der Waals surface area (Å²) in [7, 11) is 0. The van der Waals surface area contributed by atoms with Gasteiger partial charge in [-0.2, -0.15) is 0 Å². The number of fused-ring (bicyclic) bond motifs is 3. The van der Waals surface area contributed by atoms with Crippen LogP contribution in [0.15, 0.2) is 47.6 Å². The van der Waals surface area contributed by atoms with E-state index in [0.29, 0.717) is 12.1 Å². The summed E-state index contributed by atoms with van der Waals surface area (Å²) < 4.78 is 19.1. The Morgan fingerprint density at radius 2 is 2.00 bits per heavy atom. The SMILES string of the molecule is OC1C=C2C(C#Cc3ccc(F)cc3)=C[C@@H]3C[C@@]2(O1)[C@H]1CCCCN31. The molecule has 0 amide bonds. The van der Waals surface area contributed by atoms with Crippen LogP contribution in [0.2, 0.25) is 0 Å². The van der Waals surface area contributed by atoms with Gasteiger partial charge in [-0.1, -0.05) is 24.3 Å². The fourth-order valence-electron chi connectivity index (χ4n) is 4.96. The number of rotatable bonds is 0. The molecule has 1 N–H and O–H groups in total. The highest BCUT2D eigenvalue weighted by Gasteiger charge is 2.60. The number of nitrogens with zero attached hydrogens (tertiary/aromatic N) is 1. The maximum Gasteiger partial charge on any atom is 0.176 e. The zero-order chi connectivity index (χ0) is 17.0. The lowest BCUT2D eigenvalue weighted by atomic mass is 9.77. The average molecular weight is 337 g/mol. The standard InChI is InChI=1S/C21H20FNO2/c22-16-8-5-14(6-9-16)4-7-15-11-17-13-21(18(15)12-20(24)25-21)19-3-1-2-10-23(17)19/h5-6,8-9,11-12,17,19-20,24H,1-3,10,13H2/t17-,19-,20?,21+/m1/s1. The molecule has 1 aromatic carbocycles. The van der Waals surface area contributed by atoms with E-state index < -0.39 is 11.9 Å². The van der Waals surface area contributed by atoms with Gasteiger partial charge in [0.1, 0.15) is 11.4 Å². The Labute approximate surface area is 146 Å². The van der Waals surface area contributed by atoms with Gasteiger partial charge in [0.25, 0.3) is 0 Å². The van der Waals surface area contributed by atoms with Gasteiger partial charge in [-0.3, -0.25) is 4.90 Å². The van der Waals surface area contributed by atoms with E-state index in [1.54, 1.807) is 12.1 Å². The Balaban J connectivity index is 1.55. The van der Waals surface area contributed by atoms with Crippen LogP contribution in [-0.4, -0.2) is 40.5 Å². The summed E-state index contributed by atoms with van der Waals surface area (Å²) in [5.74, 6) is 6.13. The molecule has 128 valence electrons. The Bertz CT molecular complexity index is 832. The highest BCUT2D eigenvalue weighted by Crippen LogP contribution is 2.54. The van der Waals surface area contributed by atoms with Crippen LogP contribution in [0.1, 0.15) is 31.2 Å². The van der Waals surface area contributed by atoms with E-state index in [4.69, 9.17) is 4.74 Å². The summed E-state index contributed by atoms with van der Waals surface area (Å²) in [6.07, 6.45) is 7.63. The summed E-state index contributed by atoms with van der Waals surface area (Å²) in [6, 6.07) is 6.88. The van der Waals surface area contributed by atoms with Crippen molar-refractivity contribution in [2.75, 3.05) is 6.54 Å². The Morgan fingerprint density at radius 3 is 2.84 bits per heavy atom. The minimum atomic E-state index is -0.855. The van der Waals surface area contributed by atoms with E-state index >= 15 is 0 Å². The van der Waals surface area contributed by atoms with Crippen LogP contribution in [0.4, 0.5) is 4.39 Å². The number of benzene rings is 1. The Kier molecular flexibility index (Phi) is 3.40. The summed E-state index contributed by atoms with van der Waals surface area (Å²) in [4.78, 5) is 2.53. The van der Waals surface area contributed by atoms with Crippen LogP contribution in [0, 0.1) is 17.7 Å². The smallest absolute Gasteiger partial charge is 0.176 e. The van der Waals surface area contributed by atoms with Gasteiger partial charge in [0.05, 0.1) is 0 Å². The first-order valence-electron chi connectivity index (χ1n) is 8.99. The van der Waals surface area contributed by atoms with E-state index in [0.717, 1.165) is 36.1 Å². The zero-order valence-electron chi connectivity index (χ0n) is 13.9. The van der Waals surface area contributed by atoms with Gasteiger partial charge in [-0.05, 0) is 49.7 Å². The topological polar surface area (TPSA) is 32.7 Å². The van der Waals surface area contributed by atoms with E-state index in [9.17, 15) is 9.50 Å². The number of halogens is 1. The van der Waals surface area contributed by atoms with Gasteiger partial charge in [-0.25, -0.2) is 4.39 Å². The third kappa shape index (κ3) is 2.31. The molecular weight excluding hydrogens is 317 g/mol. The van der Waals surface area contributed by atoms with E-state index in [1.807, 2.05) is 6.08 Å². The predicted molar refractivity (Wildman–Crippen MR) is 92.0 cm³/mol. The third-order valence-corrected chi connectivity index (χ3v) is 5.95. The second kappa shape index (κ2) is 5.54. The maximum atomic E-state index is 13.1. The molecule has 0 radical (unpaired) electrons. The number of aliphatic hydroxyl groups is 1. The highest BCUT2D eigenvalue weighted by molar-refractivity contribution is 5.59. The molecule has 3 aliphatic heterocycles. The van der Waals surface area contributed by atoms with Gasteiger partial charge >= 0.3 is 0 Å². The van der Waals surface area contributed by atoms with Crippen molar-refractivity contribution in [3.05, 3.63) is 58.9 Å². The number of ether oxygens (including phenoxy) is 1. The van der Waals surface area contributed by atoms with Gasteiger partial charge in [-0.15, -0.1) is 0 Å². The molecule has 3 nitrogen and oxygen atoms in total. The second-order valence-electron chi connectivity index (χ2n) is 7.34. The minimum absolute atomic E-state index is 0.258. The van der Waals surface area contributed by atoms with Gasteiger partial charge in [0.15, 0.2) is 6.29 Å². The molecule has 1 unspecified atom stereocenters. The highest BCUT2D eigenvalue weighted by atomic mass is 19.1. The minimum Gasteiger partial charge on any atom is -0.365 e. The summed E-state index contributed by atoms with van der Waals surface area (Å²) in [6.45, 7) is 1.08. The van der Waals surface area contributed by atoms with Crippen molar-refractivity contribution in [2.45, 2.75) is 49.7 Å². The molecule has 0 saturated carbocycles. The van der Waals surface area contributed by atoms with E-state index in [2.05, 4.69) is 22.8 Å². The molecular formula is C21H20FNO2. The lowest BCUT2D eigenvalue weighted by molar-refractivity contribution is -0.138. The monoisotopic (exact) mass is 337 g/mol. The number of piperidine rings is 1.